The highest BCUT2D eigenvalue weighted by Gasteiger charge is 2.00. The van der Waals surface area contributed by atoms with E-state index in [-0.39, 0.29) is 5.97 Å². The molecule has 0 spiro atoms. The fourth-order valence-electron chi connectivity index (χ4n) is 2.67. The van der Waals surface area contributed by atoms with Crippen LogP contribution in [0.2, 0.25) is 0 Å². The first-order chi connectivity index (χ1) is 14.2. The molecule has 29 heavy (non-hydrogen) atoms. The van der Waals surface area contributed by atoms with Gasteiger partial charge in [0.2, 0.25) is 0 Å². The van der Waals surface area contributed by atoms with Crippen LogP contribution >= 0.6 is 0 Å². The molecule has 0 radical (unpaired) electrons. The topological polar surface area (TPSA) is 38.3 Å². The van der Waals surface area contributed by atoms with Crippen molar-refractivity contribution in [1.82, 2.24) is 5.32 Å². The van der Waals surface area contributed by atoms with Crippen LogP contribution in [-0.2, 0) is 16.1 Å². The lowest BCUT2D eigenvalue weighted by atomic mass is 10.1. The molecule has 0 heterocycles. The number of nitrogens with one attached hydrogen (secondary N) is 1. The lowest BCUT2D eigenvalue weighted by Gasteiger charge is -2.02. The van der Waals surface area contributed by atoms with E-state index in [0.29, 0.717) is 12.8 Å². The second-order valence-electron chi connectivity index (χ2n) is 6.89. The predicted octanol–water partition coefficient (Wildman–Crippen LogP) is 5.72. The molecule has 0 saturated heterocycles. The third kappa shape index (κ3) is 12.5. The summed E-state index contributed by atoms with van der Waals surface area (Å²) >= 11 is 0. The molecule has 1 rings (SSSR count). The van der Waals surface area contributed by atoms with Gasteiger partial charge in [-0.3, -0.25) is 4.79 Å². The molecule has 3 nitrogen and oxygen atoms in total. The minimum Gasteiger partial charge on any atom is -0.469 e. The Morgan fingerprint density at radius 2 is 1.97 bits per heavy atom. The second kappa shape index (κ2) is 16.4. The number of unbranched alkanes of at least 4 members (excludes halogenated alkanes) is 4. The quantitative estimate of drug-likeness (QED) is 0.202. The third-order valence-electron chi connectivity index (χ3n) is 4.49. The SMILES string of the molecule is C=C/C(=C\C=C\CNCc1ccc(C#CCCCCCC)cc1)CCC(=O)OC. The highest BCUT2D eigenvalue weighted by atomic mass is 16.5. The minimum atomic E-state index is -0.202. The van der Waals surface area contributed by atoms with Gasteiger partial charge >= 0.3 is 5.97 Å². The number of carbonyl (C=O) groups excluding carboxylic acids is 1. The Hall–Kier alpha value is -2.57. The Balaban J connectivity index is 2.29. The van der Waals surface area contributed by atoms with E-state index >= 15 is 0 Å². The summed E-state index contributed by atoms with van der Waals surface area (Å²) in [6.07, 6.45) is 14.8. The molecule has 0 aromatic heterocycles. The Bertz CT molecular complexity index is 717. The summed E-state index contributed by atoms with van der Waals surface area (Å²) in [5.74, 6) is 6.31. The van der Waals surface area contributed by atoms with Gasteiger partial charge in [-0.25, -0.2) is 0 Å². The summed E-state index contributed by atoms with van der Waals surface area (Å²) in [6, 6.07) is 8.43. The molecular formula is C26H35NO2. The van der Waals surface area contributed by atoms with Crippen molar-refractivity contribution in [3.63, 3.8) is 0 Å². The molecule has 1 N–H and O–H groups in total. The lowest BCUT2D eigenvalue weighted by Crippen LogP contribution is -2.12. The van der Waals surface area contributed by atoms with Gasteiger partial charge < -0.3 is 10.1 Å². The average molecular weight is 394 g/mol. The van der Waals surface area contributed by atoms with E-state index in [1.165, 1.54) is 38.4 Å². The Morgan fingerprint density at radius 3 is 2.66 bits per heavy atom. The third-order valence-corrected chi connectivity index (χ3v) is 4.49. The zero-order chi connectivity index (χ0) is 21.2. The number of carbonyl (C=O) groups is 1. The smallest absolute Gasteiger partial charge is 0.305 e. The normalized spacial score (nSPS) is 11.2. The van der Waals surface area contributed by atoms with Crippen LogP contribution in [-0.4, -0.2) is 19.6 Å². The minimum absolute atomic E-state index is 0.202. The van der Waals surface area contributed by atoms with Crippen LogP contribution in [0.3, 0.4) is 0 Å². The van der Waals surface area contributed by atoms with Crippen molar-refractivity contribution >= 4 is 5.97 Å². The van der Waals surface area contributed by atoms with E-state index < -0.39 is 0 Å². The van der Waals surface area contributed by atoms with Crippen molar-refractivity contribution in [1.29, 1.82) is 0 Å². The highest BCUT2D eigenvalue weighted by Crippen LogP contribution is 2.07. The number of benzene rings is 1. The van der Waals surface area contributed by atoms with Gasteiger partial charge in [0.05, 0.1) is 7.11 Å². The van der Waals surface area contributed by atoms with Gasteiger partial charge in [0.15, 0.2) is 0 Å². The number of esters is 1. The maximum absolute atomic E-state index is 11.2. The summed E-state index contributed by atoms with van der Waals surface area (Å²) < 4.78 is 4.65. The van der Waals surface area contributed by atoms with E-state index in [2.05, 4.69) is 65.7 Å². The first-order valence-electron chi connectivity index (χ1n) is 10.5. The molecule has 0 fully saturated rings. The standard InChI is InChI=1S/C26H35NO2/c1-4-6-7-8-9-10-14-24-15-17-25(18-16-24)22-27-21-12-11-13-23(5-2)19-20-26(28)29-3/h5,11-13,15-18,27H,2,4,6-9,19-22H2,1,3H3/b12-11+,23-13+. The number of rotatable bonds is 13. The number of ether oxygens (including phenoxy) is 1. The largest absolute Gasteiger partial charge is 0.469 e. The number of methoxy groups -OCH3 is 1. The monoisotopic (exact) mass is 393 g/mol. The summed E-state index contributed by atoms with van der Waals surface area (Å²) in [4.78, 5) is 11.2. The first kappa shape index (κ1) is 24.5. The van der Waals surface area contributed by atoms with Crippen LogP contribution in [0.5, 0.6) is 0 Å². The molecule has 3 heteroatoms. The van der Waals surface area contributed by atoms with Crippen molar-refractivity contribution < 1.29 is 9.53 Å². The van der Waals surface area contributed by atoms with E-state index in [1.54, 1.807) is 6.08 Å². The van der Waals surface area contributed by atoms with Gasteiger partial charge in [0.1, 0.15) is 0 Å². The van der Waals surface area contributed by atoms with Crippen molar-refractivity contribution in [2.45, 2.75) is 58.4 Å². The summed E-state index contributed by atoms with van der Waals surface area (Å²) in [7, 11) is 1.40. The van der Waals surface area contributed by atoms with Crippen molar-refractivity contribution in [3.05, 3.63) is 71.8 Å². The van der Waals surface area contributed by atoms with Gasteiger partial charge in [0, 0.05) is 31.5 Å². The van der Waals surface area contributed by atoms with E-state index in [0.717, 1.165) is 30.6 Å². The van der Waals surface area contributed by atoms with Crippen LogP contribution in [0.4, 0.5) is 0 Å². The maximum Gasteiger partial charge on any atom is 0.305 e. The van der Waals surface area contributed by atoms with Crippen LogP contribution in [0.1, 0.15) is 63.0 Å². The van der Waals surface area contributed by atoms with Crippen molar-refractivity contribution in [2.75, 3.05) is 13.7 Å². The fraction of sp³-hybridized carbons (Fsp3) is 0.423. The van der Waals surface area contributed by atoms with Crippen LogP contribution in [0.25, 0.3) is 0 Å². The zero-order valence-electron chi connectivity index (χ0n) is 18.0. The molecule has 0 amide bonds. The van der Waals surface area contributed by atoms with Gasteiger partial charge in [-0.1, -0.05) is 81.0 Å². The van der Waals surface area contributed by atoms with Crippen molar-refractivity contribution in [2.24, 2.45) is 0 Å². The van der Waals surface area contributed by atoms with Crippen LogP contribution < -0.4 is 5.32 Å². The van der Waals surface area contributed by atoms with Gasteiger partial charge in [0.25, 0.3) is 0 Å². The second-order valence-corrected chi connectivity index (χ2v) is 6.89. The van der Waals surface area contributed by atoms with Crippen LogP contribution in [0, 0.1) is 11.8 Å². The Kier molecular flexibility index (Phi) is 13.8. The highest BCUT2D eigenvalue weighted by molar-refractivity contribution is 5.69. The van der Waals surface area contributed by atoms with Crippen molar-refractivity contribution in [3.8, 4) is 11.8 Å². The number of allylic oxidation sites excluding steroid dienone is 4. The van der Waals surface area contributed by atoms with E-state index in [9.17, 15) is 4.79 Å². The fourth-order valence-corrected chi connectivity index (χ4v) is 2.67. The molecule has 156 valence electrons. The molecule has 0 aliphatic rings. The molecule has 0 aliphatic heterocycles. The summed E-state index contributed by atoms with van der Waals surface area (Å²) in [6.45, 7) is 7.60. The molecule has 1 aromatic rings. The van der Waals surface area contributed by atoms with E-state index in [1.807, 2.05) is 12.2 Å². The molecular weight excluding hydrogens is 358 g/mol. The summed E-state index contributed by atoms with van der Waals surface area (Å²) in [5.41, 5.74) is 3.35. The average Bonchev–Trinajstić information content (AvgIpc) is 2.75. The first-order valence-corrected chi connectivity index (χ1v) is 10.5. The number of hydrogen-bond donors (Lipinski definition) is 1. The Labute approximate surface area is 176 Å². The predicted molar refractivity (Wildman–Crippen MR) is 122 cm³/mol. The zero-order valence-corrected chi connectivity index (χ0v) is 18.0. The Morgan fingerprint density at radius 1 is 1.17 bits per heavy atom. The lowest BCUT2D eigenvalue weighted by molar-refractivity contribution is -0.140. The molecule has 0 bridgehead atoms. The van der Waals surface area contributed by atoms with Crippen LogP contribution in [0.15, 0.2) is 60.7 Å². The molecule has 1 aromatic carbocycles. The molecule has 0 atom stereocenters. The van der Waals surface area contributed by atoms with Gasteiger partial charge in [-0.15, -0.1) is 0 Å². The maximum atomic E-state index is 11.2. The number of hydrogen-bond acceptors (Lipinski definition) is 3. The molecule has 0 aliphatic carbocycles. The molecule has 0 unspecified atom stereocenters. The summed E-state index contributed by atoms with van der Waals surface area (Å²) in [5, 5.41) is 3.39. The van der Waals surface area contributed by atoms with Gasteiger partial charge in [-0.05, 0) is 36.1 Å². The van der Waals surface area contributed by atoms with Gasteiger partial charge in [-0.2, -0.15) is 0 Å². The molecule has 0 saturated carbocycles. The van der Waals surface area contributed by atoms with E-state index in [4.69, 9.17) is 0 Å².